The highest BCUT2D eigenvalue weighted by Crippen LogP contribution is 2.21. The second kappa shape index (κ2) is 3.34. The maximum Gasteiger partial charge on any atom is 0.128 e. The zero-order valence-electron chi connectivity index (χ0n) is 7.90. The first-order valence-electron chi connectivity index (χ1n) is 4.67. The van der Waals surface area contributed by atoms with Gasteiger partial charge >= 0.3 is 0 Å². The summed E-state index contributed by atoms with van der Waals surface area (Å²) in [6, 6.07) is 4.14. The smallest absolute Gasteiger partial charge is 0.128 e. The van der Waals surface area contributed by atoms with Crippen molar-refractivity contribution in [1.82, 2.24) is 4.98 Å². The van der Waals surface area contributed by atoms with E-state index in [9.17, 15) is 0 Å². The number of aromatic nitrogens is 1. The van der Waals surface area contributed by atoms with Gasteiger partial charge in [0.05, 0.1) is 0 Å². The Bertz CT molecular complexity index is 292. The Labute approximate surface area is 78.6 Å². The maximum absolute atomic E-state index is 5.56. The molecule has 1 saturated heterocycles. The largest absolute Gasteiger partial charge is 0.356 e. The SMILES string of the molecule is Cc1ccnc(N2CC(CN)C2)c1. The summed E-state index contributed by atoms with van der Waals surface area (Å²) in [7, 11) is 0. The molecule has 1 aromatic rings. The summed E-state index contributed by atoms with van der Waals surface area (Å²) < 4.78 is 0. The lowest BCUT2D eigenvalue weighted by molar-refractivity contribution is 0.417. The van der Waals surface area contributed by atoms with Gasteiger partial charge in [-0.15, -0.1) is 0 Å². The molecule has 13 heavy (non-hydrogen) atoms. The van der Waals surface area contributed by atoms with Crippen molar-refractivity contribution in [2.45, 2.75) is 6.92 Å². The van der Waals surface area contributed by atoms with Crippen LogP contribution in [-0.4, -0.2) is 24.6 Å². The zero-order chi connectivity index (χ0) is 9.26. The fourth-order valence-electron chi connectivity index (χ4n) is 1.60. The van der Waals surface area contributed by atoms with Crippen LogP contribution in [0, 0.1) is 12.8 Å². The molecule has 1 aromatic heterocycles. The molecule has 0 saturated carbocycles. The van der Waals surface area contributed by atoms with Gasteiger partial charge in [0.25, 0.3) is 0 Å². The lowest BCUT2D eigenvalue weighted by atomic mass is 10.0. The number of hydrogen-bond donors (Lipinski definition) is 1. The number of nitrogens with zero attached hydrogens (tertiary/aromatic N) is 2. The Morgan fingerprint density at radius 2 is 2.38 bits per heavy atom. The van der Waals surface area contributed by atoms with E-state index >= 15 is 0 Å². The molecule has 0 unspecified atom stereocenters. The average Bonchev–Trinajstić information content (AvgIpc) is 2.02. The molecule has 0 amide bonds. The van der Waals surface area contributed by atoms with E-state index in [-0.39, 0.29) is 0 Å². The lowest BCUT2D eigenvalue weighted by Crippen LogP contribution is -2.50. The molecule has 3 heteroatoms. The minimum absolute atomic E-state index is 0.669. The van der Waals surface area contributed by atoms with Crippen LogP contribution in [0.4, 0.5) is 5.82 Å². The van der Waals surface area contributed by atoms with Crippen LogP contribution in [-0.2, 0) is 0 Å². The van der Waals surface area contributed by atoms with Crippen LogP contribution in [0.2, 0.25) is 0 Å². The molecule has 3 nitrogen and oxygen atoms in total. The summed E-state index contributed by atoms with van der Waals surface area (Å²) in [6.45, 7) is 5.01. The predicted molar refractivity (Wildman–Crippen MR) is 53.7 cm³/mol. The first-order chi connectivity index (χ1) is 6.29. The molecule has 0 radical (unpaired) electrons. The predicted octanol–water partition coefficient (Wildman–Crippen LogP) is 0.785. The number of pyridine rings is 1. The molecule has 1 aliphatic heterocycles. The van der Waals surface area contributed by atoms with Gasteiger partial charge in [0, 0.05) is 25.2 Å². The van der Waals surface area contributed by atoms with E-state index in [4.69, 9.17) is 5.73 Å². The number of rotatable bonds is 2. The van der Waals surface area contributed by atoms with Gasteiger partial charge < -0.3 is 10.6 Å². The van der Waals surface area contributed by atoms with E-state index in [1.54, 1.807) is 0 Å². The van der Waals surface area contributed by atoms with E-state index in [2.05, 4.69) is 22.9 Å². The fourth-order valence-corrected chi connectivity index (χ4v) is 1.60. The highest BCUT2D eigenvalue weighted by atomic mass is 15.2. The van der Waals surface area contributed by atoms with E-state index in [0.29, 0.717) is 5.92 Å². The molecule has 0 aromatic carbocycles. The molecule has 1 fully saturated rings. The Hall–Kier alpha value is -1.09. The van der Waals surface area contributed by atoms with Crippen LogP contribution >= 0.6 is 0 Å². The molecule has 2 heterocycles. The molecule has 0 spiro atoms. The van der Waals surface area contributed by atoms with E-state index in [1.165, 1.54) is 5.56 Å². The number of anilines is 1. The Morgan fingerprint density at radius 1 is 1.62 bits per heavy atom. The maximum atomic E-state index is 5.56. The highest BCUT2D eigenvalue weighted by molar-refractivity contribution is 5.43. The average molecular weight is 177 g/mol. The third kappa shape index (κ3) is 1.65. The quantitative estimate of drug-likeness (QED) is 0.726. The zero-order valence-corrected chi connectivity index (χ0v) is 7.90. The van der Waals surface area contributed by atoms with Crippen LogP contribution in [0.3, 0.4) is 0 Å². The molecule has 0 aliphatic carbocycles. The van der Waals surface area contributed by atoms with Gasteiger partial charge in [0.15, 0.2) is 0 Å². The Morgan fingerprint density at radius 3 is 3.00 bits per heavy atom. The summed E-state index contributed by atoms with van der Waals surface area (Å²) in [4.78, 5) is 6.58. The molecular weight excluding hydrogens is 162 g/mol. The second-order valence-electron chi connectivity index (χ2n) is 3.70. The van der Waals surface area contributed by atoms with Crippen molar-refractivity contribution in [1.29, 1.82) is 0 Å². The van der Waals surface area contributed by atoms with Crippen molar-refractivity contribution < 1.29 is 0 Å². The van der Waals surface area contributed by atoms with Crippen molar-refractivity contribution in [3.63, 3.8) is 0 Å². The third-order valence-electron chi connectivity index (χ3n) is 2.52. The first kappa shape index (κ1) is 8.51. The van der Waals surface area contributed by atoms with Crippen molar-refractivity contribution in [2.24, 2.45) is 11.7 Å². The van der Waals surface area contributed by atoms with Crippen LogP contribution in [0.15, 0.2) is 18.3 Å². The standard InChI is InChI=1S/C10H15N3/c1-8-2-3-12-10(4-8)13-6-9(5-11)7-13/h2-4,9H,5-7,11H2,1H3. The van der Waals surface area contributed by atoms with Gasteiger partial charge in [0.2, 0.25) is 0 Å². The number of nitrogens with two attached hydrogens (primary N) is 1. The van der Waals surface area contributed by atoms with Crippen molar-refractivity contribution in [3.05, 3.63) is 23.9 Å². The summed E-state index contributed by atoms with van der Waals surface area (Å²) in [5.74, 6) is 1.76. The van der Waals surface area contributed by atoms with Crippen molar-refractivity contribution in [3.8, 4) is 0 Å². The topological polar surface area (TPSA) is 42.2 Å². The lowest BCUT2D eigenvalue weighted by Gasteiger charge is -2.39. The van der Waals surface area contributed by atoms with Crippen LogP contribution < -0.4 is 10.6 Å². The van der Waals surface area contributed by atoms with E-state index in [0.717, 1.165) is 25.5 Å². The monoisotopic (exact) mass is 177 g/mol. The minimum atomic E-state index is 0.669. The Kier molecular flexibility index (Phi) is 2.19. The van der Waals surface area contributed by atoms with E-state index in [1.807, 2.05) is 12.3 Å². The van der Waals surface area contributed by atoms with E-state index < -0.39 is 0 Å². The van der Waals surface area contributed by atoms with Gasteiger partial charge in [0.1, 0.15) is 5.82 Å². The van der Waals surface area contributed by atoms with Crippen LogP contribution in [0.25, 0.3) is 0 Å². The summed E-state index contributed by atoms with van der Waals surface area (Å²) in [5.41, 5.74) is 6.82. The summed E-state index contributed by atoms with van der Waals surface area (Å²) >= 11 is 0. The van der Waals surface area contributed by atoms with Gasteiger partial charge in [-0.3, -0.25) is 0 Å². The van der Waals surface area contributed by atoms with Gasteiger partial charge in [-0.1, -0.05) is 0 Å². The molecule has 1 aliphatic rings. The Balaban J connectivity index is 2.03. The van der Waals surface area contributed by atoms with Gasteiger partial charge in [-0.2, -0.15) is 0 Å². The molecule has 2 rings (SSSR count). The van der Waals surface area contributed by atoms with Crippen LogP contribution in [0.5, 0.6) is 0 Å². The van der Waals surface area contributed by atoms with Crippen LogP contribution in [0.1, 0.15) is 5.56 Å². The fraction of sp³-hybridized carbons (Fsp3) is 0.500. The second-order valence-corrected chi connectivity index (χ2v) is 3.70. The van der Waals surface area contributed by atoms with Crippen molar-refractivity contribution >= 4 is 5.82 Å². The highest BCUT2D eigenvalue weighted by Gasteiger charge is 2.25. The summed E-state index contributed by atoms with van der Waals surface area (Å²) in [5, 5.41) is 0. The number of hydrogen-bond acceptors (Lipinski definition) is 3. The minimum Gasteiger partial charge on any atom is -0.356 e. The number of aryl methyl sites for hydroxylation is 1. The normalized spacial score (nSPS) is 17.2. The molecule has 70 valence electrons. The van der Waals surface area contributed by atoms with Gasteiger partial charge in [-0.25, -0.2) is 4.98 Å². The first-order valence-corrected chi connectivity index (χ1v) is 4.67. The third-order valence-corrected chi connectivity index (χ3v) is 2.52. The molecule has 0 bridgehead atoms. The van der Waals surface area contributed by atoms with Crippen molar-refractivity contribution in [2.75, 3.05) is 24.5 Å². The molecule has 0 atom stereocenters. The molecule has 2 N–H and O–H groups in total. The molecular formula is C10H15N3. The summed E-state index contributed by atoms with van der Waals surface area (Å²) in [6.07, 6.45) is 1.86. The van der Waals surface area contributed by atoms with Gasteiger partial charge in [-0.05, 0) is 31.2 Å².